The lowest BCUT2D eigenvalue weighted by atomic mass is 9.97. The Bertz CT molecular complexity index is 1030. The van der Waals surface area contributed by atoms with Crippen molar-refractivity contribution >= 4 is 41.3 Å². The quantitative estimate of drug-likeness (QED) is 0.166. The van der Waals surface area contributed by atoms with E-state index in [9.17, 15) is 46.5 Å². The second kappa shape index (κ2) is 8.70. The van der Waals surface area contributed by atoms with E-state index >= 15 is 0 Å². The molecule has 182 valence electrons. The van der Waals surface area contributed by atoms with Gasteiger partial charge in [0.15, 0.2) is 11.7 Å². The molecule has 2 heterocycles. The molecule has 1 saturated heterocycles. The number of urea groups is 1. The summed E-state index contributed by atoms with van der Waals surface area (Å²) in [5.74, 6) is -7.25. The number of nitrogens with zero attached hydrogens (tertiary/aromatic N) is 1. The molecule has 16 nitrogen and oxygen atoms in total. The third kappa shape index (κ3) is 5.89. The number of halogens is 3. The van der Waals surface area contributed by atoms with E-state index in [1.165, 1.54) is 0 Å². The van der Waals surface area contributed by atoms with Crippen molar-refractivity contribution in [3.05, 3.63) is 12.3 Å². The minimum Gasteiger partial charge on any atom is -0.446 e. The SMILES string of the molecule is O=C1C=C/[N+](=C2\O[C@](CF)(COP(=O)(O)OP(=O)(O)OP(=O)(O)O)[C@@H](O)C2(F)F)C(=O)N1. The fourth-order valence-electron chi connectivity index (χ4n) is 2.29. The van der Waals surface area contributed by atoms with Crippen molar-refractivity contribution in [2.45, 2.75) is 17.6 Å². The number of ether oxygens (including phenoxy) is 1. The van der Waals surface area contributed by atoms with E-state index in [-0.39, 0.29) is 4.58 Å². The summed E-state index contributed by atoms with van der Waals surface area (Å²) in [6.45, 7) is -3.84. The van der Waals surface area contributed by atoms with E-state index in [1.807, 2.05) is 0 Å². The molecule has 1 fully saturated rings. The second-order valence-corrected chi connectivity index (χ2v) is 10.4. The Kier molecular flexibility index (Phi) is 7.27. The Morgan fingerprint density at radius 3 is 2.22 bits per heavy atom. The van der Waals surface area contributed by atoms with Gasteiger partial charge in [0.25, 0.3) is 0 Å². The summed E-state index contributed by atoms with van der Waals surface area (Å²) < 4.78 is 91.6. The minimum atomic E-state index is -5.97. The van der Waals surface area contributed by atoms with E-state index < -0.39 is 72.2 Å². The van der Waals surface area contributed by atoms with E-state index in [0.717, 1.165) is 0 Å². The fourth-order valence-corrected chi connectivity index (χ4v) is 5.37. The van der Waals surface area contributed by atoms with Crippen LogP contribution in [0.3, 0.4) is 0 Å². The number of hydrogen-bond acceptors (Lipinski definition) is 10. The van der Waals surface area contributed by atoms with Crippen LogP contribution in [0, 0.1) is 0 Å². The summed E-state index contributed by atoms with van der Waals surface area (Å²) in [5.41, 5.74) is -3.19. The number of aliphatic hydroxyl groups is 1. The van der Waals surface area contributed by atoms with Crippen molar-refractivity contribution in [1.29, 1.82) is 0 Å². The molecule has 0 bridgehead atoms. The van der Waals surface area contributed by atoms with Crippen LogP contribution in [0.1, 0.15) is 0 Å². The first-order valence-electron chi connectivity index (χ1n) is 7.63. The molecule has 2 aliphatic heterocycles. The van der Waals surface area contributed by atoms with Crippen molar-refractivity contribution in [3.63, 3.8) is 0 Å². The van der Waals surface area contributed by atoms with Gasteiger partial charge in [-0.3, -0.25) is 4.52 Å². The molecule has 4 atom stereocenters. The molecule has 0 aromatic carbocycles. The number of carbonyl (C=O) groups is 2. The predicted molar refractivity (Wildman–Crippen MR) is 88.5 cm³/mol. The van der Waals surface area contributed by atoms with Gasteiger partial charge in [0.1, 0.15) is 19.5 Å². The van der Waals surface area contributed by atoms with Crippen molar-refractivity contribution in [3.8, 4) is 0 Å². The summed E-state index contributed by atoms with van der Waals surface area (Å²) in [6, 6.07) is -1.48. The number of aliphatic hydroxyl groups excluding tert-OH is 1. The topological polar surface area (TPSA) is 238 Å². The number of hydrogen-bond donors (Lipinski definition) is 6. The van der Waals surface area contributed by atoms with Gasteiger partial charge in [-0.1, -0.05) is 0 Å². The Morgan fingerprint density at radius 1 is 1.12 bits per heavy atom. The molecule has 6 N–H and O–H groups in total. The second-order valence-electron chi connectivity index (χ2n) is 5.98. The molecule has 32 heavy (non-hydrogen) atoms. The molecule has 0 aromatic heterocycles. The summed E-state index contributed by atoms with van der Waals surface area (Å²) in [7, 11) is -17.6. The minimum absolute atomic E-state index is 0.00708. The van der Waals surface area contributed by atoms with Crippen molar-refractivity contribution in [1.82, 2.24) is 5.32 Å². The van der Waals surface area contributed by atoms with Crippen LogP contribution in [0.5, 0.6) is 0 Å². The predicted octanol–water partition coefficient (Wildman–Crippen LogP) is -0.761. The molecule has 2 aliphatic rings. The zero-order valence-electron chi connectivity index (χ0n) is 15.0. The molecular formula is C10H13F3N2O14P3+. The molecule has 0 radical (unpaired) electrons. The van der Waals surface area contributed by atoms with Gasteiger partial charge >= 0.3 is 47.2 Å². The summed E-state index contributed by atoms with van der Waals surface area (Å²) in [6.07, 6.45) is -2.09. The maximum atomic E-state index is 14.5. The Morgan fingerprint density at radius 2 is 1.72 bits per heavy atom. The third-order valence-corrected chi connectivity index (χ3v) is 7.37. The van der Waals surface area contributed by atoms with Gasteiger partial charge in [0.05, 0.1) is 6.08 Å². The Labute approximate surface area is 174 Å². The van der Waals surface area contributed by atoms with E-state index in [2.05, 4.69) is 17.9 Å². The lowest BCUT2D eigenvalue weighted by Crippen LogP contribution is -2.51. The molecule has 0 saturated carbocycles. The molecular weight excluding hydrogens is 522 g/mol. The average Bonchev–Trinajstić information content (AvgIpc) is 2.78. The van der Waals surface area contributed by atoms with E-state index in [0.29, 0.717) is 12.3 Å². The highest BCUT2D eigenvalue weighted by Gasteiger charge is 2.69. The first-order valence-corrected chi connectivity index (χ1v) is 12.2. The van der Waals surface area contributed by atoms with Gasteiger partial charge in [-0.05, 0) is 0 Å². The Hall–Kier alpha value is -1.49. The van der Waals surface area contributed by atoms with Gasteiger partial charge in [0.2, 0.25) is 0 Å². The smallest absolute Gasteiger partial charge is 0.446 e. The van der Waals surface area contributed by atoms with E-state index in [4.69, 9.17) is 14.7 Å². The zero-order valence-corrected chi connectivity index (χ0v) is 17.7. The summed E-state index contributed by atoms with van der Waals surface area (Å²) >= 11 is 0. The molecule has 2 unspecified atom stereocenters. The van der Waals surface area contributed by atoms with E-state index in [1.54, 1.807) is 5.32 Å². The van der Waals surface area contributed by atoms with Crippen LogP contribution in [-0.2, 0) is 36.4 Å². The number of imide groups is 1. The van der Waals surface area contributed by atoms with Crippen molar-refractivity contribution in [2.24, 2.45) is 0 Å². The number of phosphoric acid groups is 3. The molecule has 0 spiro atoms. The number of alkyl halides is 3. The maximum absolute atomic E-state index is 14.5. The monoisotopic (exact) mass is 535 g/mol. The lowest BCUT2D eigenvalue weighted by Gasteiger charge is -2.28. The zero-order chi connectivity index (χ0) is 24.8. The summed E-state index contributed by atoms with van der Waals surface area (Å²) in [5, 5.41) is 11.5. The summed E-state index contributed by atoms with van der Waals surface area (Å²) in [4.78, 5) is 58.1. The van der Waals surface area contributed by atoms with Crippen LogP contribution in [-0.4, -0.2) is 78.0 Å². The number of carbonyl (C=O) groups excluding carboxylic acids is 2. The number of nitrogens with one attached hydrogen (secondary N) is 1. The third-order valence-electron chi connectivity index (χ3n) is 3.58. The Balaban J connectivity index is 2.30. The molecule has 22 heteroatoms. The highest BCUT2D eigenvalue weighted by molar-refractivity contribution is 7.66. The van der Waals surface area contributed by atoms with Crippen LogP contribution >= 0.6 is 23.5 Å². The van der Waals surface area contributed by atoms with Crippen LogP contribution in [0.15, 0.2) is 12.3 Å². The van der Waals surface area contributed by atoms with Gasteiger partial charge in [-0.15, -0.1) is 4.58 Å². The maximum Gasteiger partial charge on any atom is 0.506 e. The number of amides is 3. The first-order chi connectivity index (χ1) is 14.3. The van der Waals surface area contributed by atoms with Crippen LogP contribution in [0.2, 0.25) is 0 Å². The highest BCUT2D eigenvalue weighted by atomic mass is 31.3. The highest BCUT2D eigenvalue weighted by Crippen LogP contribution is 2.66. The normalized spacial score (nSPS) is 31.6. The molecule has 0 aromatic rings. The van der Waals surface area contributed by atoms with Crippen LogP contribution in [0.25, 0.3) is 0 Å². The van der Waals surface area contributed by atoms with Crippen molar-refractivity contribution in [2.75, 3.05) is 13.3 Å². The molecule has 0 aliphatic carbocycles. The number of phosphoric ester groups is 1. The van der Waals surface area contributed by atoms with Gasteiger partial charge in [0, 0.05) is 0 Å². The van der Waals surface area contributed by atoms with Crippen LogP contribution in [0.4, 0.5) is 18.0 Å². The van der Waals surface area contributed by atoms with Gasteiger partial charge in [-0.2, -0.15) is 27.5 Å². The largest absolute Gasteiger partial charge is 0.506 e. The lowest BCUT2D eigenvalue weighted by molar-refractivity contribution is -0.373. The average molecular weight is 535 g/mol. The molecule has 2 rings (SSSR count). The van der Waals surface area contributed by atoms with Crippen LogP contribution < -0.4 is 5.32 Å². The first kappa shape index (κ1) is 26.8. The van der Waals surface area contributed by atoms with Crippen molar-refractivity contribution < 1.29 is 83.6 Å². The fraction of sp³-hybridized carbons (Fsp3) is 0.500. The van der Waals surface area contributed by atoms with Gasteiger partial charge in [-0.25, -0.2) is 22.9 Å². The molecule has 3 amide bonds. The standard InChI is InChI=1S/C10H12F3N2O14P3/c11-3-9(4-26-31(22,23)29-32(24,25)28-30(19,20)21)6(17)10(12,13)7(27-9)15-2-1-5(16)14-8(15)18/h1-2,6,17H,3-4H2,(H4-,14,16,18,19,20,21,22,23,24,25)/p+1/b15-7+/t6-,9-/m1/s1. The number of rotatable bonds is 8. The van der Waals surface area contributed by atoms with Gasteiger partial charge < -0.3 is 29.4 Å².